The van der Waals surface area contributed by atoms with E-state index in [4.69, 9.17) is 4.74 Å². The van der Waals surface area contributed by atoms with Crippen LogP contribution in [0.5, 0.6) is 5.75 Å². The van der Waals surface area contributed by atoms with Crippen LogP contribution in [-0.4, -0.2) is 12.1 Å². The van der Waals surface area contributed by atoms with Crippen LogP contribution in [0.25, 0.3) is 0 Å². The van der Waals surface area contributed by atoms with E-state index in [0.717, 1.165) is 14.7 Å². The van der Waals surface area contributed by atoms with E-state index in [1.165, 1.54) is 12.1 Å². The zero-order valence-corrected chi connectivity index (χ0v) is 20.8. The van der Waals surface area contributed by atoms with Gasteiger partial charge in [0.15, 0.2) is 14.7 Å². The van der Waals surface area contributed by atoms with Crippen molar-refractivity contribution in [3.8, 4) is 5.75 Å². The predicted molar refractivity (Wildman–Crippen MR) is 128 cm³/mol. The van der Waals surface area contributed by atoms with Gasteiger partial charge in [-0.15, -0.1) is 0 Å². The van der Waals surface area contributed by atoms with E-state index in [2.05, 4.69) is 31.9 Å². The van der Waals surface area contributed by atoms with Crippen LogP contribution in [0.1, 0.15) is 0 Å². The Hall–Kier alpha value is -1.43. The number of non-ortho nitro benzene ring substituents is 1. The van der Waals surface area contributed by atoms with Crippen LogP contribution in [0.15, 0.2) is 93.5 Å². The van der Waals surface area contributed by atoms with E-state index in [9.17, 15) is 14.9 Å². The third-order valence-electron chi connectivity index (χ3n) is 3.76. The molecule has 0 bridgehead atoms. The topological polar surface area (TPSA) is 69.4 Å². The minimum absolute atomic E-state index is 0.0550. The molecule has 0 heterocycles. The van der Waals surface area contributed by atoms with E-state index >= 15 is 0 Å². The summed E-state index contributed by atoms with van der Waals surface area (Å²) >= 11 is 8.28. The molecule has 3 aromatic carbocycles. The number of nitro benzene ring substituents is 1. The summed E-state index contributed by atoms with van der Waals surface area (Å²) in [5, 5.41) is 11.0. The van der Waals surface area contributed by atoms with Gasteiger partial charge in [0.2, 0.25) is 1.24 Å². The number of nitrogens with zero attached hydrogens (tertiary/aromatic N) is 1. The van der Waals surface area contributed by atoms with Crippen molar-refractivity contribution in [3.05, 3.63) is 89.0 Å². The first-order chi connectivity index (χ1) is 13.8. The highest BCUT2D eigenvalue weighted by atomic mass is 127. The largest absolute Gasteiger partial charge is 0.424 e. The van der Waals surface area contributed by atoms with Gasteiger partial charge < -0.3 is 4.74 Å². The van der Waals surface area contributed by atoms with Gasteiger partial charge in [0, 0.05) is 24.3 Å². The molecule has 0 fully saturated rings. The van der Waals surface area contributed by atoms with Crippen molar-refractivity contribution in [1.82, 2.24) is 0 Å². The van der Waals surface area contributed by atoms with Gasteiger partial charge in [-0.25, -0.2) is 4.79 Å². The van der Waals surface area contributed by atoms with Gasteiger partial charge in [-0.05, 0) is 90.8 Å². The zero-order valence-electron chi connectivity index (χ0n) is 14.6. The molecule has 1 atom stereocenters. The lowest BCUT2D eigenvalue weighted by Crippen LogP contribution is -2.23. The maximum absolute atomic E-state index is 12.0. The van der Waals surface area contributed by atoms with Crippen LogP contribution in [0.4, 0.5) is 5.69 Å². The lowest BCUT2D eigenvalue weighted by molar-refractivity contribution is -0.384. The molecular weight excluding hydrogens is 637 g/mol. The minimum Gasteiger partial charge on any atom is -0.424 e. The van der Waals surface area contributed by atoms with E-state index in [1.807, 2.05) is 65.1 Å². The Kier molecular flexibility index (Phi) is 7.36. The number of rotatable bonds is 6. The highest BCUT2D eigenvalue weighted by Gasteiger charge is 2.32. The molecule has 0 aliphatic rings. The van der Waals surface area contributed by atoms with Gasteiger partial charge in [0.1, 0.15) is 5.75 Å². The van der Waals surface area contributed by atoms with E-state index < -0.39 is 23.0 Å². The molecule has 3 rings (SSSR count). The molecule has 0 aliphatic carbocycles. The molecular formula is C20H13Br2INO4S+. The number of hydrogen-bond acceptors (Lipinski definition) is 4. The Morgan fingerprint density at radius 3 is 1.86 bits per heavy atom. The number of nitro groups is 1. The number of benzene rings is 3. The van der Waals surface area contributed by atoms with Crippen molar-refractivity contribution in [3.63, 3.8) is 0 Å². The third-order valence-corrected chi connectivity index (χ3v) is 7.08. The van der Waals surface area contributed by atoms with Gasteiger partial charge in [0.25, 0.3) is 5.69 Å². The van der Waals surface area contributed by atoms with Gasteiger partial charge in [-0.3, -0.25) is 10.1 Å². The number of alkyl halides is 3. The summed E-state index contributed by atoms with van der Waals surface area (Å²) in [6, 6.07) is 23.8. The Balaban J connectivity index is 1.95. The number of halogens is 3. The van der Waals surface area contributed by atoms with Crippen molar-refractivity contribution >= 4 is 77.0 Å². The standard InChI is InChI=1S/C20H13Br2INO4S/c21-20(22,23)19(25)28-15-8-12-18(13-9-15)29(16-4-2-1-3-5-16)17-10-6-14(7-11-17)24(26)27/h1-13H/q+1. The van der Waals surface area contributed by atoms with Crippen LogP contribution < -0.4 is 4.74 Å². The average Bonchev–Trinajstić information content (AvgIpc) is 2.70. The molecule has 1 unspecified atom stereocenters. The minimum atomic E-state index is -0.983. The lowest BCUT2D eigenvalue weighted by Gasteiger charge is -2.12. The monoisotopic (exact) mass is 648 g/mol. The number of carbonyl (C=O) groups is 1. The number of carbonyl (C=O) groups excluding carboxylic acids is 1. The van der Waals surface area contributed by atoms with Gasteiger partial charge >= 0.3 is 5.97 Å². The first-order valence-electron chi connectivity index (χ1n) is 8.18. The number of hydrogen-bond donors (Lipinski definition) is 0. The van der Waals surface area contributed by atoms with Crippen molar-refractivity contribution in [2.24, 2.45) is 0 Å². The average molecular weight is 650 g/mol. The molecule has 0 saturated carbocycles. The van der Waals surface area contributed by atoms with Crippen LogP contribution in [0, 0.1) is 10.1 Å². The fraction of sp³-hybridized carbons (Fsp3) is 0.0500. The molecule has 9 heteroatoms. The molecule has 0 aliphatic heterocycles. The zero-order chi connectivity index (χ0) is 21.0. The van der Waals surface area contributed by atoms with Gasteiger partial charge in [-0.2, -0.15) is 0 Å². The Morgan fingerprint density at radius 1 is 0.897 bits per heavy atom. The maximum Gasteiger partial charge on any atom is 0.349 e. The fourth-order valence-electron chi connectivity index (χ4n) is 2.48. The molecule has 29 heavy (non-hydrogen) atoms. The summed E-state index contributed by atoms with van der Waals surface area (Å²) in [6.07, 6.45) is 0. The number of esters is 1. The summed E-state index contributed by atoms with van der Waals surface area (Å²) in [5.41, 5.74) is 0.0550. The smallest absolute Gasteiger partial charge is 0.349 e. The highest BCUT2D eigenvalue weighted by molar-refractivity contribution is 14.1. The SMILES string of the molecule is O=C(Oc1ccc([S+](c2ccccc2)c2ccc([N+](=O)[O-])cc2)cc1)C(Br)(Br)I. The van der Waals surface area contributed by atoms with Crippen molar-refractivity contribution in [1.29, 1.82) is 0 Å². The second-order valence-corrected chi connectivity index (χ2v) is 15.8. The summed E-state index contributed by atoms with van der Waals surface area (Å²) in [4.78, 5) is 25.6. The maximum atomic E-state index is 12.0. The second kappa shape index (κ2) is 9.59. The van der Waals surface area contributed by atoms with Gasteiger partial charge in [-0.1, -0.05) is 18.2 Å². The molecule has 5 nitrogen and oxygen atoms in total. The molecule has 3 aromatic rings. The third kappa shape index (κ3) is 5.80. The molecule has 148 valence electrons. The molecule has 0 spiro atoms. The van der Waals surface area contributed by atoms with Crippen LogP contribution >= 0.6 is 54.5 Å². The number of ether oxygens (including phenoxy) is 1. The lowest BCUT2D eigenvalue weighted by atomic mass is 10.3. The first kappa shape index (κ1) is 22.3. The Morgan fingerprint density at radius 2 is 1.38 bits per heavy atom. The molecule has 0 saturated heterocycles. The van der Waals surface area contributed by atoms with Gasteiger partial charge in [0.05, 0.1) is 15.8 Å². The van der Waals surface area contributed by atoms with Crippen molar-refractivity contribution in [2.45, 2.75) is 15.9 Å². The summed E-state index contributed by atoms with van der Waals surface area (Å²) < 4.78 is 4.37. The van der Waals surface area contributed by atoms with Crippen LogP contribution in [0.2, 0.25) is 0 Å². The Bertz CT molecular complexity index is 1010. The van der Waals surface area contributed by atoms with E-state index in [0.29, 0.717) is 5.75 Å². The highest BCUT2D eigenvalue weighted by Crippen LogP contribution is 2.36. The Labute approximate surface area is 200 Å². The first-order valence-corrected chi connectivity index (χ1v) is 12.1. The quantitative estimate of drug-likeness (QED) is 0.0584. The van der Waals surface area contributed by atoms with Crippen molar-refractivity contribution in [2.75, 3.05) is 0 Å². The van der Waals surface area contributed by atoms with E-state index in [-0.39, 0.29) is 5.69 Å². The molecule has 0 N–H and O–H groups in total. The fourth-order valence-corrected chi connectivity index (χ4v) is 4.81. The molecule has 0 aromatic heterocycles. The molecule has 0 radical (unpaired) electrons. The summed E-state index contributed by atoms with van der Waals surface area (Å²) in [5.74, 6) is -0.0396. The summed E-state index contributed by atoms with van der Waals surface area (Å²) in [7, 11) is -0.457. The van der Waals surface area contributed by atoms with E-state index in [1.54, 1.807) is 24.3 Å². The van der Waals surface area contributed by atoms with Crippen LogP contribution in [-0.2, 0) is 15.7 Å². The second-order valence-electron chi connectivity index (χ2n) is 5.73. The summed E-state index contributed by atoms with van der Waals surface area (Å²) in [6.45, 7) is 0. The van der Waals surface area contributed by atoms with Crippen LogP contribution in [0.3, 0.4) is 0 Å². The van der Waals surface area contributed by atoms with Crippen molar-refractivity contribution < 1.29 is 14.5 Å². The normalized spacial score (nSPS) is 12.2. The predicted octanol–water partition coefficient (Wildman–Crippen LogP) is 6.47. The molecule has 0 amide bonds.